The van der Waals surface area contributed by atoms with Gasteiger partial charge in [0.1, 0.15) is 5.92 Å². The Morgan fingerprint density at radius 2 is 1.92 bits per heavy atom. The van der Waals surface area contributed by atoms with E-state index in [0.717, 1.165) is 29.5 Å². The van der Waals surface area contributed by atoms with Crippen molar-refractivity contribution in [1.82, 2.24) is 4.90 Å². The fourth-order valence-corrected chi connectivity index (χ4v) is 3.08. The fraction of sp³-hybridized carbons (Fsp3) is 0.333. The van der Waals surface area contributed by atoms with Crippen LogP contribution in [0.25, 0.3) is 6.08 Å². The van der Waals surface area contributed by atoms with Gasteiger partial charge in [0.25, 0.3) is 0 Å². The Hall–Kier alpha value is -2.42. The number of carbonyl (C=O) groups is 2. The maximum atomic E-state index is 12.8. The Labute approximate surface area is 144 Å². The largest absolute Gasteiger partial charge is 0.335 e. The molecule has 0 spiro atoms. The number of ketones is 1. The summed E-state index contributed by atoms with van der Waals surface area (Å²) in [4.78, 5) is 27.2. The number of hydrogen-bond acceptors (Lipinski definition) is 2. The Kier molecular flexibility index (Phi) is 6.30. The molecule has 0 heterocycles. The predicted molar refractivity (Wildman–Crippen MR) is 98.5 cm³/mol. The molecule has 0 N–H and O–H groups in total. The summed E-state index contributed by atoms with van der Waals surface area (Å²) in [7, 11) is 0. The fourth-order valence-electron chi connectivity index (χ4n) is 3.08. The van der Waals surface area contributed by atoms with Gasteiger partial charge in [0.05, 0.1) is 0 Å². The lowest BCUT2D eigenvalue weighted by Gasteiger charge is -2.28. The second-order valence-electron chi connectivity index (χ2n) is 6.16. The van der Waals surface area contributed by atoms with Gasteiger partial charge in [-0.3, -0.25) is 9.59 Å². The van der Waals surface area contributed by atoms with Crippen molar-refractivity contribution in [3.8, 4) is 0 Å². The second kappa shape index (κ2) is 8.44. The van der Waals surface area contributed by atoms with Crippen molar-refractivity contribution in [3.63, 3.8) is 0 Å². The highest BCUT2D eigenvalue weighted by molar-refractivity contribution is 6.12. The van der Waals surface area contributed by atoms with E-state index < -0.39 is 5.92 Å². The monoisotopic (exact) mass is 323 g/mol. The molecule has 1 amide bonds. The number of allylic oxidation sites excluding steroid dienone is 1. The Morgan fingerprint density at radius 3 is 2.54 bits per heavy atom. The average Bonchev–Trinajstić information content (AvgIpc) is 2.58. The van der Waals surface area contributed by atoms with Gasteiger partial charge in [0, 0.05) is 13.1 Å². The van der Waals surface area contributed by atoms with Crippen LogP contribution in [0.5, 0.6) is 0 Å². The molecule has 1 saturated carbocycles. The van der Waals surface area contributed by atoms with Gasteiger partial charge in [-0.1, -0.05) is 36.4 Å². The van der Waals surface area contributed by atoms with Gasteiger partial charge in [-0.05, 0) is 49.0 Å². The highest BCUT2D eigenvalue weighted by Gasteiger charge is 2.34. The topological polar surface area (TPSA) is 37.4 Å². The molecule has 1 unspecified atom stereocenters. The van der Waals surface area contributed by atoms with Crippen molar-refractivity contribution in [2.45, 2.75) is 26.2 Å². The summed E-state index contributed by atoms with van der Waals surface area (Å²) in [6.07, 6.45) is 7.52. The van der Waals surface area contributed by atoms with Crippen molar-refractivity contribution in [1.29, 1.82) is 0 Å². The zero-order chi connectivity index (χ0) is 17.5. The number of benzene rings is 1. The lowest BCUT2D eigenvalue weighted by atomic mass is 9.82. The van der Waals surface area contributed by atoms with Gasteiger partial charge in [-0.15, -0.1) is 13.2 Å². The van der Waals surface area contributed by atoms with Gasteiger partial charge in [-0.2, -0.15) is 0 Å². The van der Waals surface area contributed by atoms with Crippen LogP contribution in [0.4, 0.5) is 0 Å². The first-order chi connectivity index (χ1) is 11.6. The number of Topliss-reactive ketones (excluding diaryl/α,β-unsaturated/α-hetero) is 1. The molecule has 0 bridgehead atoms. The number of hydrogen-bond donors (Lipinski definition) is 0. The Bertz CT molecular complexity index is 662. The van der Waals surface area contributed by atoms with Crippen LogP contribution in [0.15, 0.2) is 55.1 Å². The molecular weight excluding hydrogens is 298 g/mol. The molecule has 1 fully saturated rings. The quantitative estimate of drug-likeness (QED) is 0.451. The third kappa shape index (κ3) is 4.10. The smallest absolute Gasteiger partial charge is 0.234 e. The first-order valence-corrected chi connectivity index (χ1v) is 8.39. The van der Waals surface area contributed by atoms with E-state index in [1.54, 1.807) is 17.1 Å². The molecule has 1 aliphatic rings. The van der Waals surface area contributed by atoms with Crippen LogP contribution in [-0.4, -0.2) is 29.7 Å². The molecule has 1 aromatic rings. The first kappa shape index (κ1) is 17.9. The SMILES string of the molecule is C=CCN(CC=C)C(=O)C1CCC/C(=C\c2ccccc2C)C1=O. The summed E-state index contributed by atoms with van der Waals surface area (Å²) < 4.78 is 0. The Morgan fingerprint density at radius 1 is 1.25 bits per heavy atom. The number of carbonyl (C=O) groups excluding carboxylic acids is 2. The van der Waals surface area contributed by atoms with Gasteiger partial charge in [0.2, 0.25) is 5.91 Å². The molecule has 3 heteroatoms. The van der Waals surface area contributed by atoms with Crippen LogP contribution in [0.1, 0.15) is 30.4 Å². The molecule has 3 nitrogen and oxygen atoms in total. The molecular formula is C21H25NO2. The van der Waals surface area contributed by atoms with Crippen LogP contribution >= 0.6 is 0 Å². The lowest BCUT2D eigenvalue weighted by molar-refractivity contribution is -0.140. The van der Waals surface area contributed by atoms with Gasteiger partial charge < -0.3 is 4.90 Å². The predicted octanol–water partition coefficient (Wildman–Crippen LogP) is 3.95. The summed E-state index contributed by atoms with van der Waals surface area (Å²) in [6.45, 7) is 10.3. The van der Waals surface area contributed by atoms with Crippen LogP contribution < -0.4 is 0 Å². The molecule has 0 aliphatic heterocycles. The van der Waals surface area contributed by atoms with E-state index >= 15 is 0 Å². The minimum atomic E-state index is -0.575. The van der Waals surface area contributed by atoms with E-state index in [0.29, 0.717) is 19.5 Å². The highest BCUT2D eigenvalue weighted by atomic mass is 16.2. The number of aryl methyl sites for hydroxylation is 1. The molecule has 0 saturated heterocycles. The second-order valence-corrected chi connectivity index (χ2v) is 6.16. The normalized spacial score (nSPS) is 19.1. The van der Waals surface area contributed by atoms with Crippen LogP contribution in [0.3, 0.4) is 0 Å². The first-order valence-electron chi connectivity index (χ1n) is 8.39. The lowest BCUT2D eigenvalue weighted by Crippen LogP contribution is -2.41. The van der Waals surface area contributed by atoms with Crippen molar-refractivity contribution in [3.05, 3.63) is 66.3 Å². The van der Waals surface area contributed by atoms with Crippen molar-refractivity contribution >= 4 is 17.8 Å². The Balaban J connectivity index is 2.23. The van der Waals surface area contributed by atoms with Crippen LogP contribution in [0.2, 0.25) is 0 Å². The molecule has 0 radical (unpaired) electrons. The van der Waals surface area contributed by atoms with E-state index in [4.69, 9.17) is 0 Å². The summed E-state index contributed by atoms with van der Waals surface area (Å²) in [6, 6.07) is 7.97. The van der Waals surface area contributed by atoms with E-state index in [1.165, 1.54) is 0 Å². The van der Waals surface area contributed by atoms with E-state index in [-0.39, 0.29) is 11.7 Å². The van der Waals surface area contributed by atoms with Gasteiger partial charge in [-0.25, -0.2) is 0 Å². The van der Waals surface area contributed by atoms with Gasteiger partial charge >= 0.3 is 0 Å². The molecule has 0 aromatic heterocycles. The summed E-state index contributed by atoms with van der Waals surface area (Å²) >= 11 is 0. The maximum Gasteiger partial charge on any atom is 0.234 e. The van der Waals surface area contributed by atoms with Crippen LogP contribution in [0, 0.1) is 12.8 Å². The summed E-state index contributed by atoms with van der Waals surface area (Å²) in [5.74, 6) is -0.725. The molecule has 24 heavy (non-hydrogen) atoms. The summed E-state index contributed by atoms with van der Waals surface area (Å²) in [5.41, 5.74) is 2.93. The highest BCUT2D eigenvalue weighted by Crippen LogP contribution is 2.29. The number of amides is 1. The maximum absolute atomic E-state index is 12.8. The van der Waals surface area contributed by atoms with Crippen LogP contribution in [-0.2, 0) is 9.59 Å². The minimum absolute atomic E-state index is 0.0346. The standard InChI is InChI=1S/C21H25NO2/c1-4-13-22(14-5-2)21(24)19-12-8-11-18(20(19)23)15-17-10-7-6-9-16(17)3/h4-7,9-10,15,19H,1-2,8,11-14H2,3H3/b18-15+. The van der Waals surface area contributed by atoms with Crippen molar-refractivity contribution in [2.24, 2.45) is 5.92 Å². The zero-order valence-electron chi connectivity index (χ0n) is 14.3. The van der Waals surface area contributed by atoms with E-state index in [2.05, 4.69) is 13.2 Å². The third-order valence-electron chi connectivity index (χ3n) is 4.40. The molecule has 126 valence electrons. The van der Waals surface area contributed by atoms with Gasteiger partial charge in [0.15, 0.2) is 5.78 Å². The molecule has 1 aromatic carbocycles. The van der Waals surface area contributed by atoms with E-state index in [9.17, 15) is 9.59 Å². The average molecular weight is 323 g/mol. The minimum Gasteiger partial charge on any atom is -0.335 e. The van der Waals surface area contributed by atoms with E-state index in [1.807, 2.05) is 37.3 Å². The molecule has 1 aliphatic carbocycles. The van der Waals surface area contributed by atoms with Crippen molar-refractivity contribution in [2.75, 3.05) is 13.1 Å². The third-order valence-corrected chi connectivity index (χ3v) is 4.40. The molecule has 2 rings (SSSR count). The van der Waals surface area contributed by atoms with Crippen molar-refractivity contribution < 1.29 is 9.59 Å². The number of nitrogens with zero attached hydrogens (tertiary/aromatic N) is 1. The molecule has 1 atom stereocenters. The summed E-state index contributed by atoms with van der Waals surface area (Å²) in [5, 5.41) is 0. The number of rotatable bonds is 6. The zero-order valence-corrected chi connectivity index (χ0v) is 14.3.